The molecule has 0 fully saturated rings. The lowest BCUT2D eigenvalue weighted by Gasteiger charge is -2.22. The molecule has 1 aromatic heterocycles. The van der Waals surface area contributed by atoms with Gasteiger partial charge in [0, 0.05) is 30.8 Å². The largest absolute Gasteiger partial charge is 0.493 e. The molecule has 1 N–H and O–H groups in total. The number of methoxy groups -OCH3 is 3. The maximum Gasteiger partial charge on any atom is 0.251 e. The van der Waals surface area contributed by atoms with Crippen molar-refractivity contribution in [3.63, 3.8) is 0 Å². The van der Waals surface area contributed by atoms with Gasteiger partial charge in [-0.3, -0.25) is 9.59 Å². The average Bonchev–Trinajstić information content (AvgIpc) is 3.29. The molecule has 2 amide bonds. The Hall–Kier alpha value is -4.53. The fourth-order valence-corrected chi connectivity index (χ4v) is 4.43. The molecule has 4 aromatic rings. The molecule has 0 saturated heterocycles. The molecule has 198 valence electrons. The third kappa shape index (κ3) is 5.56. The number of aromatic nitrogens is 2. The maximum atomic E-state index is 13.4. The fourth-order valence-electron chi connectivity index (χ4n) is 4.43. The van der Waals surface area contributed by atoms with E-state index in [1.165, 1.54) is 21.3 Å². The number of amides is 2. The van der Waals surface area contributed by atoms with Crippen LogP contribution >= 0.6 is 0 Å². The Bertz CT molecular complexity index is 1390. The topological polar surface area (TPSA) is 94.9 Å². The second-order valence-electron chi connectivity index (χ2n) is 8.50. The zero-order valence-electron chi connectivity index (χ0n) is 22.1. The summed E-state index contributed by atoms with van der Waals surface area (Å²) in [7, 11) is 4.51. The summed E-state index contributed by atoms with van der Waals surface area (Å²) in [4.78, 5) is 32.8. The second kappa shape index (κ2) is 12.1. The summed E-state index contributed by atoms with van der Waals surface area (Å²) >= 11 is 0. The number of nitrogens with zero attached hydrogens (tertiary/aromatic N) is 3. The quantitative estimate of drug-likeness (QED) is 0.323. The Morgan fingerprint density at radius 1 is 0.921 bits per heavy atom. The van der Waals surface area contributed by atoms with Gasteiger partial charge in [0.15, 0.2) is 11.5 Å². The van der Waals surface area contributed by atoms with Gasteiger partial charge in [-0.05, 0) is 43.3 Å². The van der Waals surface area contributed by atoms with E-state index < -0.39 is 0 Å². The fraction of sp³-hybridized carbons (Fsp3) is 0.276. The van der Waals surface area contributed by atoms with Gasteiger partial charge in [0.05, 0.1) is 32.4 Å². The Morgan fingerprint density at radius 2 is 1.58 bits per heavy atom. The second-order valence-corrected chi connectivity index (χ2v) is 8.50. The smallest absolute Gasteiger partial charge is 0.251 e. The van der Waals surface area contributed by atoms with E-state index in [9.17, 15) is 9.59 Å². The van der Waals surface area contributed by atoms with Crippen molar-refractivity contribution in [1.82, 2.24) is 14.9 Å². The number of imidazole rings is 1. The number of rotatable bonds is 11. The molecule has 0 spiro atoms. The lowest BCUT2D eigenvalue weighted by Crippen LogP contribution is -2.34. The van der Waals surface area contributed by atoms with E-state index in [4.69, 9.17) is 19.2 Å². The molecule has 38 heavy (non-hydrogen) atoms. The molecule has 0 aliphatic carbocycles. The highest BCUT2D eigenvalue weighted by Gasteiger charge is 2.20. The van der Waals surface area contributed by atoms with Crippen LogP contribution in [-0.2, 0) is 17.8 Å². The summed E-state index contributed by atoms with van der Waals surface area (Å²) < 4.78 is 18.0. The minimum absolute atomic E-state index is 0.0374. The highest BCUT2D eigenvalue weighted by Crippen LogP contribution is 2.38. The number of anilines is 1. The van der Waals surface area contributed by atoms with Crippen molar-refractivity contribution in [2.45, 2.75) is 19.9 Å². The Kier molecular flexibility index (Phi) is 8.47. The van der Waals surface area contributed by atoms with E-state index in [2.05, 4.69) is 5.32 Å². The molecule has 0 aliphatic rings. The lowest BCUT2D eigenvalue weighted by molar-refractivity contribution is -0.119. The Labute approximate surface area is 221 Å². The molecule has 4 rings (SSSR count). The predicted octanol–water partition coefficient (Wildman–Crippen LogP) is 4.09. The van der Waals surface area contributed by atoms with E-state index in [1.807, 2.05) is 66.1 Å². The predicted molar refractivity (Wildman–Crippen MR) is 146 cm³/mol. The number of nitrogens with one attached hydrogen (secondary N) is 1. The molecule has 0 bridgehead atoms. The van der Waals surface area contributed by atoms with Gasteiger partial charge in [0.2, 0.25) is 11.7 Å². The van der Waals surface area contributed by atoms with Gasteiger partial charge in [0.1, 0.15) is 12.4 Å². The molecule has 3 aromatic carbocycles. The first-order chi connectivity index (χ1) is 18.5. The number of carbonyl (C=O) groups is 2. The average molecular weight is 517 g/mol. The number of carbonyl (C=O) groups excluding carboxylic acids is 2. The molecule has 0 saturated carbocycles. The van der Waals surface area contributed by atoms with E-state index in [0.717, 1.165) is 16.7 Å². The third-order valence-electron chi connectivity index (χ3n) is 6.27. The SMILES string of the molecule is CCN(C(=O)Cn1c(CCNC(=O)c2cc(OC)c(OC)c(OC)c2)nc2ccccc21)c1ccccc1. The summed E-state index contributed by atoms with van der Waals surface area (Å²) in [5, 5.41) is 2.93. The van der Waals surface area contributed by atoms with E-state index in [1.54, 1.807) is 17.0 Å². The van der Waals surface area contributed by atoms with Crippen LogP contribution in [0.25, 0.3) is 11.0 Å². The van der Waals surface area contributed by atoms with Gasteiger partial charge in [-0.25, -0.2) is 4.98 Å². The molecule has 0 radical (unpaired) electrons. The normalized spacial score (nSPS) is 10.7. The first-order valence-electron chi connectivity index (χ1n) is 12.4. The van der Waals surface area contributed by atoms with Gasteiger partial charge in [-0.1, -0.05) is 30.3 Å². The molecule has 0 aliphatic heterocycles. The first-order valence-corrected chi connectivity index (χ1v) is 12.4. The summed E-state index contributed by atoms with van der Waals surface area (Å²) in [6, 6.07) is 20.5. The van der Waals surface area contributed by atoms with Gasteiger partial charge < -0.3 is 29.0 Å². The molecule has 0 atom stereocenters. The van der Waals surface area contributed by atoms with Crippen LogP contribution < -0.4 is 24.4 Å². The third-order valence-corrected chi connectivity index (χ3v) is 6.27. The van der Waals surface area contributed by atoms with Gasteiger partial charge >= 0.3 is 0 Å². The minimum atomic E-state index is -0.288. The molecule has 9 nitrogen and oxygen atoms in total. The van der Waals surface area contributed by atoms with E-state index in [0.29, 0.717) is 48.1 Å². The van der Waals surface area contributed by atoms with Crippen molar-refractivity contribution in [1.29, 1.82) is 0 Å². The number of fused-ring (bicyclic) bond motifs is 1. The summed E-state index contributed by atoms with van der Waals surface area (Å²) in [5.74, 6) is 1.61. The van der Waals surface area contributed by atoms with Gasteiger partial charge in [-0.15, -0.1) is 0 Å². The zero-order chi connectivity index (χ0) is 27.1. The van der Waals surface area contributed by atoms with Crippen LogP contribution in [0.1, 0.15) is 23.1 Å². The zero-order valence-corrected chi connectivity index (χ0v) is 22.1. The minimum Gasteiger partial charge on any atom is -0.493 e. The number of hydrogen-bond donors (Lipinski definition) is 1. The van der Waals surface area contributed by atoms with Crippen molar-refractivity contribution in [2.24, 2.45) is 0 Å². The number of ether oxygens (including phenoxy) is 3. The van der Waals surface area contributed by atoms with Crippen LogP contribution in [0, 0.1) is 0 Å². The van der Waals surface area contributed by atoms with Crippen molar-refractivity contribution in [3.8, 4) is 17.2 Å². The van der Waals surface area contributed by atoms with Crippen molar-refractivity contribution in [2.75, 3.05) is 39.3 Å². The van der Waals surface area contributed by atoms with Crippen LogP contribution in [0.15, 0.2) is 66.7 Å². The highest BCUT2D eigenvalue weighted by molar-refractivity contribution is 5.96. The first kappa shape index (κ1) is 26.5. The molecule has 9 heteroatoms. The molecule has 0 unspecified atom stereocenters. The number of hydrogen-bond acceptors (Lipinski definition) is 6. The van der Waals surface area contributed by atoms with Crippen LogP contribution in [0.5, 0.6) is 17.2 Å². The van der Waals surface area contributed by atoms with Crippen LogP contribution in [0.2, 0.25) is 0 Å². The Morgan fingerprint density at radius 3 is 2.21 bits per heavy atom. The molecular formula is C29H32N4O5. The standard InChI is InChI=1S/C29H32N4O5/c1-5-32(21-11-7-6-8-12-21)27(34)19-33-23-14-10-9-13-22(23)31-26(33)15-16-30-29(35)20-17-24(36-2)28(38-4)25(18-20)37-3/h6-14,17-18H,5,15-16,19H2,1-4H3,(H,30,35). The summed E-state index contributed by atoms with van der Waals surface area (Å²) in [5.41, 5.74) is 2.90. The van der Waals surface area contributed by atoms with E-state index >= 15 is 0 Å². The monoisotopic (exact) mass is 516 g/mol. The number of likely N-dealkylation sites (N-methyl/N-ethyl adjacent to an activating group) is 1. The van der Waals surface area contributed by atoms with Crippen molar-refractivity contribution < 1.29 is 23.8 Å². The van der Waals surface area contributed by atoms with Crippen molar-refractivity contribution in [3.05, 3.63) is 78.1 Å². The van der Waals surface area contributed by atoms with Gasteiger partial charge in [-0.2, -0.15) is 0 Å². The Balaban J connectivity index is 1.52. The molecule has 1 heterocycles. The van der Waals surface area contributed by atoms with Crippen LogP contribution in [-0.4, -0.2) is 55.8 Å². The number of benzene rings is 3. The summed E-state index contributed by atoms with van der Waals surface area (Å²) in [6.07, 6.45) is 0.440. The lowest BCUT2D eigenvalue weighted by atomic mass is 10.1. The van der Waals surface area contributed by atoms with Gasteiger partial charge in [0.25, 0.3) is 5.91 Å². The van der Waals surface area contributed by atoms with Crippen LogP contribution in [0.3, 0.4) is 0 Å². The van der Waals surface area contributed by atoms with Crippen molar-refractivity contribution >= 4 is 28.5 Å². The maximum absolute atomic E-state index is 13.4. The number of para-hydroxylation sites is 3. The highest BCUT2D eigenvalue weighted by atomic mass is 16.5. The summed E-state index contributed by atoms with van der Waals surface area (Å²) in [6.45, 7) is 2.97. The van der Waals surface area contributed by atoms with Crippen LogP contribution in [0.4, 0.5) is 5.69 Å². The van der Waals surface area contributed by atoms with E-state index in [-0.39, 0.29) is 18.4 Å². The molecular weight excluding hydrogens is 484 g/mol.